The lowest BCUT2D eigenvalue weighted by atomic mass is 9.49. The number of piperidine rings is 1. The van der Waals surface area contributed by atoms with Crippen molar-refractivity contribution in [1.82, 2.24) is 30.7 Å². The maximum absolute atomic E-state index is 13.2. The molecule has 3 amide bonds. The Kier molecular flexibility index (Phi) is 10.1. The number of aromatic nitrogens is 3. The minimum absolute atomic E-state index is 0.0207. The molecule has 12 nitrogen and oxygen atoms in total. The fraction of sp³-hybridized carbons (Fsp3) is 0.448. The quantitative estimate of drug-likeness (QED) is 0.209. The van der Waals surface area contributed by atoms with Crippen LogP contribution in [0.4, 0.5) is 17.2 Å². The van der Waals surface area contributed by atoms with E-state index in [-0.39, 0.29) is 29.2 Å². The van der Waals surface area contributed by atoms with Crippen molar-refractivity contribution in [3.05, 3.63) is 41.0 Å². The largest absolute Gasteiger partial charge is 0.494 e. The van der Waals surface area contributed by atoms with E-state index in [1.165, 1.54) is 24.2 Å². The van der Waals surface area contributed by atoms with Crippen LogP contribution in [-0.2, 0) is 4.79 Å². The Morgan fingerprint density at radius 1 is 1.11 bits per heavy atom. The lowest BCUT2D eigenvalue weighted by Gasteiger charge is -2.30. The third kappa shape index (κ3) is 8.63. The molecular weight excluding hydrogens is 589 g/mol. The molecule has 45 heavy (non-hydrogen) atoms. The monoisotopic (exact) mass is 628 g/mol. The van der Waals surface area contributed by atoms with Crippen molar-refractivity contribution in [2.75, 3.05) is 43.9 Å². The Balaban J connectivity index is 1.35. The van der Waals surface area contributed by atoms with Crippen LogP contribution in [0.2, 0.25) is 0 Å². The molecule has 1 aliphatic carbocycles. The third-order valence-corrected chi connectivity index (χ3v) is 8.63. The van der Waals surface area contributed by atoms with Gasteiger partial charge in [0.1, 0.15) is 33.4 Å². The van der Waals surface area contributed by atoms with Crippen LogP contribution < -0.4 is 26.0 Å². The van der Waals surface area contributed by atoms with Crippen LogP contribution >= 0.6 is 11.3 Å². The van der Waals surface area contributed by atoms with Crippen molar-refractivity contribution >= 4 is 69.8 Å². The van der Waals surface area contributed by atoms with E-state index in [0.29, 0.717) is 45.0 Å². The number of benzene rings is 1. The number of carbonyl (C=O) groups is 3. The number of amides is 3. The van der Waals surface area contributed by atoms with E-state index in [1.54, 1.807) is 25.4 Å². The van der Waals surface area contributed by atoms with Crippen molar-refractivity contribution in [2.45, 2.75) is 37.8 Å². The first-order valence-corrected chi connectivity index (χ1v) is 16.2. The SMILES string of the molecule is BC(B)(B)NC(=O)c1nnc(NC(=O)C2CC2)cc1Nc1cccc(-c2ncc(C(=O)NCCN3CCCC(C)C3)s2)c1OC. The first kappa shape index (κ1) is 32.5. The molecular formula is C29H39B3N8O4S. The highest BCUT2D eigenvalue weighted by atomic mass is 32.1. The van der Waals surface area contributed by atoms with Crippen molar-refractivity contribution in [2.24, 2.45) is 11.8 Å². The maximum atomic E-state index is 13.2. The summed E-state index contributed by atoms with van der Waals surface area (Å²) in [5.74, 6) is 0.686. The Hall–Kier alpha value is -3.91. The van der Waals surface area contributed by atoms with Crippen LogP contribution in [0.25, 0.3) is 10.6 Å². The summed E-state index contributed by atoms with van der Waals surface area (Å²) in [5.41, 5.74) is 1.63. The predicted octanol–water partition coefficient (Wildman–Crippen LogP) is 0.403. The number of nitrogens with one attached hydrogen (secondary N) is 4. The average Bonchev–Trinajstić information content (AvgIpc) is 3.73. The molecule has 3 aromatic rings. The Labute approximate surface area is 270 Å². The number of hydrogen-bond acceptors (Lipinski definition) is 10. The number of likely N-dealkylation sites (tertiary alicyclic amines) is 1. The number of hydrogen-bond donors (Lipinski definition) is 4. The molecule has 0 spiro atoms. The van der Waals surface area contributed by atoms with Crippen LogP contribution in [0.15, 0.2) is 30.5 Å². The first-order valence-electron chi connectivity index (χ1n) is 15.4. The molecule has 16 heteroatoms. The third-order valence-electron chi connectivity index (χ3n) is 7.60. The predicted molar refractivity (Wildman–Crippen MR) is 184 cm³/mol. The molecule has 1 unspecified atom stereocenters. The number of nitrogens with zero attached hydrogens (tertiary/aromatic N) is 4. The lowest BCUT2D eigenvalue weighted by molar-refractivity contribution is -0.117. The van der Waals surface area contributed by atoms with Gasteiger partial charge in [0.2, 0.25) is 5.91 Å². The molecule has 1 aromatic carbocycles. The van der Waals surface area contributed by atoms with E-state index in [4.69, 9.17) is 4.74 Å². The molecule has 234 valence electrons. The van der Waals surface area contributed by atoms with Gasteiger partial charge in [0, 0.05) is 31.6 Å². The Morgan fingerprint density at radius 2 is 1.91 bits per heavy atom. The van der Waals surface area contributed by atoms with Crippen molar-refractivity contribution in [3.8, 4) is 16.3 Å². The van der Waals surface area contributed by atoms with Crippen LogP contribution in [0, 0.1) is 11.8 Å². The zero-order valence-corrected chi connectivity index (χ0v) is 27.3. The number of carbonyl (C=O) groups excluding carboxylic acids is 3. The lowest BCUT2D eigenvalue weighted by Crippen LogP contribution is -2.50. The fourth-order valence-corrected chi connectivity index (χ4v) is 6.12. The van der Waals surface area contributed by atoms with Gasteiger partial charge in [-0.3, -0.25) is 14.4 Å². The molecule has 3 heterocycles. The van der Waals surface area contributed by atoms with Gasteiger partial charge >= 0.3 is 0 Å². The van der Waals surface area contributed by atoms with E-state index < -0.39 is 11.1 Å². The molecule has 1 saturated heterocycles. The second-order valence-electron chi connectivity index (χ2n) is 12.8. The second-order valence-corrected chi connectivity index (χ2v) is 13.8. The average molecular weight is 628 g/mol. The summed E-state index contributed by atoms with van der Waals surface area (Å²) < 4.78 is 5.82. The first-order chi connectivity index (χ1) is 21.5. The molecule has 2 aliphatic rings. The smallest absolute Gasteiger partial charge is 0.272 e. The molecule has 1 aliphatic heterocycles. The minimum Gasteiger partial charge on any atom is -0.494 e. The summed E-state index contributed by atoms with van der Waals surface area (Å²) in [5, 5.41) is 20.4. The van der Waals surface area contributed by atoms with Crippen LogP contribution in [0.1, 0.15) is 52.8 Å². The molecule has 1 saturated carbocycles. The normalized spacial score (nSPS) is 16.9. The van der Waals surface area contributed by atoms with E-state index in [9.17, 15) is 14.4 Å². The summed E-state index contributed by atoms with van der Waals surface area (Å²) in [6.45, 7) is 5.82. The van der Waals surface area contributed by atoms with Crippen LogP contribution in [0.5, 0.6) is 5.75 Å². The summed E-state index contributed by atoms with van der Waals surface area (Å²) in [4.78, 5) is 46.0. The van der Waals surface area contributed by atoms with Gasteiger partial charge in [0.25, 0.3) is 11.8 Å². The fourth-order valence-electron chi connectivity index (χ4n) is 5.27. The van der Waals surface area contributed by atoms with Crippen molar-refractivity contribution in [3.63, 3.8) is 0 Å². The second kappa shape index (κ2) is 14.0. The zero-order valence-electron chi connectivity index (χ0n) is 26.5. The summed E-state index contributed by atoms with van der Waals surface area (Å²) in [6, 6.07) is 7.09. The highest BCUT2D eigenvalue weighted by Crippen LogP contribution is 2.40. The Bertz CT molecular complexity index is 1560. The molecule has 2 fully saturated rings. The van der Waals surface area contributed by atoms with Gasteiger partial charge < -0.3 is 30.9 Å². The molecule has 0 bridgehead atoms. The molecule has 4 N–H and O–H groups in total. The number of ether oxygens (including phenoxy) is 1. The highest BCUT2D eigenvalue weighted by molar-refractivity contribution is 7.17. The number of methoxy groups -OCH3 is 1. The molecule has 1 atom stereocenters. The van der Waals surface area contributed by atoms with E-state index in [0.717, 1.165) is 32.5 Å². The summed E-state index contributed by atoms with van der Waals surface area (Å²) in [6.07, 6.45) is 5.73. The number of rotatable bonds is 12. The van der Waals surface area contributed by atoms with E-state index >= 15 is 0 Å². The van der Waals surface area contributed by atoms with Crippen molar-refractivity contribution < 1.29 is 19.1 Å². The van der Waals surface area contributed by atoms with Crippen LogP contribution in [0.3, 0.4) is 0 Å². The summed E-state index contributed by atoms with van der Waals surface area (Å²) in [7, 11) is 7.17. The van der Waals surface area contributed by atoms with E-state index in [2.05, 4.69) is 48.3 Å². The maximum Gasteiger partial charge on any atom is 0.272 e. The van der Waals surface area contributed by atoms with Gasteiger partial charge in [-0.1, -0.05) is 13.0 Å². The van der Waals surface area contributed by atoms with Gasteiger partial charge in [0.05, 0.1) is 30.2 Å². The number of para-hydroxylation sites is 1. The van der Waals surface area contributed by atoms with Gasteiger partial charge in [-0.25, -0.2) is 4.98 Å². The molecule has 0 radical (unpaired) electrons. The van der Waals surface area contributed by atoms with Gasteiger partial charge in [-0.15, -0.1) is 21.5 Å². The van der Waals surface area contributed by atoms with Gasteiger partial charge in [0.15, 0.2) is 17.3 Å². The molecule has 5 rings (SSSR count). The zero-order chi connectivity index (χ0) is 32.1. The molecule has 2 aromatic heterocycles. The Morgan fingerprint density at radius 3 is 2.62 bits per heavy atom. The topological polar surface area (TPSA) is 150 Å². The number of thiazole rings is 1. The van der Waals surface area contributed by atoms with Crippen molar-refractivity contribution in [1.29, 1.82) is 0 Å². The number of anilines is 3. The van der Waals surface area contributed by atoms with Gasteiger partial charge in [-0.05, 0) is 55.5 Å². The standard InChI is InChI=1S/C29H39B3N8O4S/c1-16-5-4-11-40(15-16)12-10-33-26(42)21-14-34-28(45-21)18-6-3-7-19(24(18)44-2)35-20-13-22(36-25(41)17-8-9-17)38-39-23(20)27(43)37-29(30,31)32/h3,6-7,13-14,16-17H,4-5,8-12,15,30-32H2,1-2H3,(H,33,42)(H,37,43)(H2,35,36,38,41). The van der Waals surface area contributed by atoms with Crippen LogP contribution in [-0.4, -0.2) is 99.9 Å². The van der Waals surface area contributed by atoms with E-state index in [1.807, 2.05) is 35.7 Å². The summed E-state index contributed by atoms with van der Waals surface area (Å²) >= 11 is 1.28. The highest BCUT2D eigenvalue weighted by Gasteiger charge is 2.30. The minimum atomic E-state index is -0.506. The van der Waals surface area contributed by atoms with Gasteiger partial charge in [-0.2, -0.15) is 0 Å².